The number of hydrogen-bond acceptors (Lipinski definition) is 4. The molecular formula is C15H19N3OS. The number of fused-ring (bicyclic) bond motifs is 1. The second kappa shape index (κ2) is 6.19. The second-order valence-corrected chi connectivity index (χ2v) is 6.33. The van der Waals surface area contributed by atoms with Gasteiger partial charge in [-0.2, -0.15) is 5.26 Å². The van der Waals surface area contributed by atoms with E-state index < -0.39 is 0 Å². The molecule has 0 unspecified atom stereocenters. The Kier molecular flexibility index (Phi) is 4.56. The number of imidazole rings is 1. The average Bonchev–Trinajstić information content (AvgIpc) is 2.81. The quantitative estimate of drug-likeness (QED) is 0.817. The van der Waals surface area contributed by atoms with Crippen molar-refractivity contribution < 1.29 is 4.74 Å². The predicted octanol–water partition coefficient (Wildman–Crippen LogP) is 3.99. The van der Waals surface area contributed by atoms with Crippen molar-refractivity contribution >= 4 is 22.8 Å². The molecule has 0 saturated carbocycles. The van der Waals surface area contributed by atoms with E-state index in [9.17, 15) is 0 Å². The number of ether oxygens (including phenoxy) is 1. The van der Waals surface area contributed by atoms with Crippen molar-refractivity contribution in [1.29, 1.82) is 5.26 Å². The van der Waals surface area contributed by atoms with E-state index >= 15 is 0 Å². The van der Waals surface area contributed by atoms with Crippen LogP contribution in [-0.4, -0.2) is 22.3 Å². The number of benzene rings is 1. The minimum atomic E-state index is -0.277. The van der Waals surface area contributed by atoms with Crippen LogP contribution in [0.25, 0.3) is 11.0 Å². The SMILES string of the molecule is CCOc1ccc2nc(SCCC(C)(C)C#N)[nH]c2c1. The minimum Gasteiger partial charge on any atom is -0.494 e. The normalized spacial score (nSPS) is 11.5. The van der Waals surface area contributed by atoms with Crippen molar-refractivity contribution in [2.45, 2.75) is 32.3 Å². The van der Waals surface area contributed by atoms with Crippen molar-refractivity contribution in [1.82, 2.24) is 9.97 Å². The van der Waals surface area contributed by atoms with Crippen LogP contribution in [0.1, 0.15) is 27.2 Å². The van der Waals surface area contributed by atoms with Gasteiger partial charge in [0.2, 0.25) is 0 Å². The molecule has 1 aromatic carbocycles. The molecule has 0 saturated heterocycles. The van der Waals surface area contributed by atoms with Gasteiger partial charge in [-0.15, -0.1) is 0 Å². The summed E-state index contributed by atoms with van der Waals surface area (Å²) in [5, 5.41) is 9.88. The van der Waals surface area contributed by atoms with Crippen molar-refractivity contribution in [3.8, 4) is 11.8 Å². The molecule has 0 amide bonds. The molecule has 2 aromatic rings. The largest absolute Gasteiger partial charge is 0.494 e. The number of aromatic amines is 1. The van der Waals surface area contributed by atoms with Gasteiger partial charge in [0.25, 0.3) is 0 Å². The highest BCUT2D eigenvalue weighted by atomic mass is 32.2. The van der Waals surface area contributed by atoms with E-state index in [1.165, 1.54) is 0 Å². The van der Waals surface area contributed by atoms with Gasteiger partial charge in [0.1, 0.15) is 5.75 Å². The highest BCUT2D eigenvalue weighted by Crippen LogP contribution is 2.27. The van der Waals surface area contributed by atoms with Crippen LogP contribution in [0.4, 0.5) is 0 Å². The number of H-pyrrole nitrogens is 1. The second-order valence-electron chi connectivity index (χ2n) is 5.25. The summed E-state index contributed by atoms with van der Waals surface area (Å²) in [4.78, 5) is 7.82. The van der Waals surface area contributed by atoms with E-state index in [1.807, 2.05) is 39.0 Å². The lowest BCUT2D eigenvalue weighted by molar-refractivity contribution is 0.340. The number of aromatic nitrogens is 2. The van der Waals surface area contributed by atoms with E-state index in [-0.39, 0.29) is 5.41 Å². The fourth-order valence-corrected chi connectivity index (χ4v) is 2.90. The number of nitriles is 1. The molecule has 0 aliphatic rings. The maximum atomic E-state index is 8.99. The standard InChI is InChI=1S/C15H19N3OS/c1-4-19-11-5-6-12-13(9-11)18-14(17-12)20-8-7-15(2,3)10-16/h5-6,9H,4,7-8H2,1-3H3,(H,17,18). The Hall–Kier alpha value is -1.67. The molecule has 0 bridgehead atoms. The van der Waals surface area contributed by atoms with Crippen LogP contribution < -0.4 is 4.74 Å². The monoisotopic (exact) mass is 289 g/mol. The van der Waals surface area contributed by atoms with Crippen LogP contribution in [0.3, 0.4) is 0 Å². The zero-order valence-electron chi connectivity index (χ0n) is 12.1. The van der Waals surface area contributed by atoms with Gasteiger partial charge in [0.05, 0.1) is 29.1 Å². The topological polar surface area (TPSA) is 61.7 Å². The van der Waals surface area contributed by atoms with Crippen molar-refractivity contribution in [3.05, 3.63) is 18.2 Å². The first kappa shape index (κ1) is 14.7. The van der Waals surface area contributed by atoms with Crippen LogP contribution in [0.5, 0.6) is 5.75 Å². The highest BCUT2D eigenvalue weighted by Gasteiger charge is 2.16. The van der Waals surface area contributed by atoms with E-state index in [1.54, 1.807) is 11.8 Å². The summed E-state index contributed by atoms with van der Waals surface area (Å²) in [6.45, 7) is 6.54. The fourth-order valence-electron chi connectivity index (χ4n) is 1.75. The molecule has 1 aromatic heterocycles. The molecule has 1 heterocycles. The smallest absolute Gasteiger partial charge is 0.166 e. The Morgan fingerprint density at radius 2 is 2.25 bits per heavy atom. The molecule has 0 atom stereocenters. The minimum absolute atomic E-state index is 0.277. The van der Waals surface area contributed by atoms with Gasteiger partial charge < -0.3 is 9.72 Å². The lowest BCUT2D eigenvalue weighted by Gasteiger charge is -2.13. The van der Waals surface area contributed by atoms with E-state index in [4.69, 9.17) is 10.00 Å². The van der Waals surface area contributed by atoms with Crippen LogP contribution in [0.2, 0.25) is 0 Å². The van der Waals surface area contributed by atoms with Crippen molar-refractivity contribution in [2.75, 3.05) is 12.4 Å². The Labute approximate surface area is 123 Å². The van der Waals surface area contributed by atoms with Gasteiger partial charge in [-0.05, 0) is 39.3 Å². The Morgan fingerprint density at radius 1 is 1.45 bits per heavy atom. The third-order valence-corrected chi connectivity index (χ3v) is 3.89. The highest BCUT2D eigenvalue weighted by molar-refractivity contribution is 7.99. The van der Waals surface area contributed by atoms with Gasteiger partial charge >= 0.3 is 0 Å². The molecule has 0 spiro atoms. The fraction of sp³-hybridized carbons (Fsp3) is 0.467. The maximum absolute atomic E-state index is 8.99. The molecular weight excluding hydrogens is 270 g/mol. The summed E-state index contributed by atoms with van der Waals surface area (Å²) in [6.07, 6.45) is 0.843. The molecule has 0 radical (unpaired) electrons. The lowest BCUT2D eigenvalue weighted by atomic mass is 9.93. The van der Waals surface area contributed by atoms with Crippen LogP contribution in [0.15, 0.2) is 23.4 Å². The Morgan fingerprint density at radius 3 is 2.95 bits per heavy atom. The van der Waals surface area contributed by atoms with Gasteiger partial charge in [0, 0.05) is 11.8 Å². The number of hydrogen-bond donors (Lipinski definition) is 1. The van der Waals surface area contributed by atoms with Crippen LogP contribution in [-0.2, 0) is 0 Å². The van der Waals surface area contributed by atoms with Gasteiger partial charge in [0.15, 0.2) is 5.16 Å². The maximum Gasteiger partial charge on any atom is 0.166 e. The summed E-state index contributed by atoms with van der Waals surface area (Å²) >= 11 is 1.65. The van der Waals surface area contributed by atoms with Crippen LogP contribution in [0, 0.1) is 16.7 Å². The summed E-state index contributed by atoms with van der Waals surface area (Å²) in [7, 11) is 0. The van der Waals surface area contributed by atoms with Crippen molar-refractivity contribution in [3.63, 3.8) is 0 Å². The summed E-state index contributed by atoms with van der Waals surface area (Å²) in [5.41, 5.74) is 1.65. The van der Waals surface area contributed by atoms with E-state index in [0.29, 0.717) is 6.61 Å². The molecule has 2 rings (SSSR count). The number of rotatable bonds is 6. The molecule has 4 nitrogen and oxygen atoms in total. The Balaban J connectivity index is 2.03. The van der Waals surface area contributed by atoms with E-state index in [0.717, 1.165) is 34.1 Å². The molecule has 1 N–H and O–H groups in total. The lowest BCUT2D eigenvalue weighted by Crippen LogP contribution is -2.08. The molecule has 5 heteroatoms. The first-order valence-electron chi connectivity index (χ1n) is 6.71. The molecule has 0 fully saturated rings. The van der Waals surface area contributed by atoms with Crippen LogP contribution >= 0.6 is 11.8 Å². The number of thioether (sulfide) groups is 1. The first-order chi connectivity index (χ1) is 9.54. The zero-order chi connectivity index (χ0) is 14.6. The number of nitrogens with zero attached hydrogens (tertiary/aromatic N) is 2. The van der Waals surface area contributed by atoms with Gasteiger partial charge in [-0.25, -0.2) is 4.98 Å². The van der Waals surface area contributed by atoms with Crippen molar-refractivity contribution in [2.24, 2.45) is 5.41 Å². The van der Waals surface area contributed by atoms with Gasteiger partial charge in [-0.3, -0.25) is 0 Å². The third kappa shape index (κ3) is 3.67. The zero-order valence-corrected chi connectivity index (χ0v) is 12.9. The summed E-state index contributed by atoms with van der Waals surface area (Å²) < 4.78 is 5.47. The predicted molar refractivity (Wildman–Crippen MR) is 82.0 cm³/mol. The molecule has 20 heavy (non-hydrogen) atoms. The first-order valence-corrected chi connectivity index (χ1v) is 7.69. The Bertz CT molecular complexity index is 628. The molecule has 106 valence electrons. The summed E-state index contributed by atoms with van der Waals surface area (Å²) in [6, 6.07) is 8.17. The molecule has 0 aliphatic heterocycles. The summed E-state index contributed by atoms with van der Waals surface area (Å²) in [5.74, 6) is 1.73. The average molecular weight is 289 g/mol. The van der Waals surface area contributed by atoms with Gasteiger partial charge in [-0.1, -0.05) is 11.8 Å². The number of nitrogens with one attached hydrogen (secondary N) is 1. The molecule has 0 aliphatic carbocycles. The van der Waals surface area contributed by atoms with E-state index in [2.05, 4.69) is 16.0 Å². The third-order valence-electron chi connectivity index (χ3n) is 3.01.